The summed E-state index contributed by atoms with van der Waals surface area (Å²) in [5.74, 6) is 0. The number of hydrogen-bond acceptors (Lipinski definition) is 2. The molecule has 1 rings (SSSR count). The average Bonchev–Trinajstić information content (AvgIpc) is 2.27. The zero-order chi connectivity index (χ0) is 14.5. The van der Waals surface area contributed by atoms with E-state index < -0.39 is 17.8 Å². The largest absolute Gasteiger partial charge is 0.418 e. The first kappa shape index (κ1) is 15.3. The van der Waals surface area contributed by atoms with Crippen molar-refractivity contribution in [3.8, 4) is 0 Å². The first-order valence-corrected chi connectivity index (χ1v) is 5.77. The van der Waals surface area contributed by atoms with Gasteiger partial charge in [0.2, 0.25) is 0 Å². The van der Waals surface area contributed by atoms with Gasteiger partial charge >= 0.3 is 12.2 Å². The second-order valence-corrected chi connectivity index (χ2v) is 4.19. The molecule has 106 valence electrons. The van der Waals surface area contributed by atoms with Crippen LogP contribution in [0.5, 0.6) is 0 Å². The lowest BCUT2D eigenvalue weighted by molar-refractivity contribution is -0.136. The van der Waals surface area contributed by atoms with Crippen molar-refractivity contribution in [2.24, 2.45) is 5.73 Å². The van der Waals surface area contributed by atoms with Gasteiger partial charge < -0.3 is 16.4 Å². The Morgan fingerprint density at radius 1 is 1.37 bits per heavy atom. The minimum atomic E-state index is -4.50. The fourth-order valence-electron chi connectivity index (χ4n) is 1.42. The van der Waals surface area contributed by atoms with Crippen LogP contribution in [0.1, 0.15) is 18.9 Å². The molecule has 0 saturated carbocycles. The Morgan fingerprint density at radius 3 is 2.58 bits per heavy atom. The van der Waals surface area contributed by atoms with Crippen LogP contribution in [0.2, 0.25) is 0 Å². The fraction of sp³-hybridized carbons (Fsp3) is 0.417. The molecule has 4 N–H and O–H groups in total. The van der Waals surface area contributed by atoms with Crippen LogP contribution in [0.4, 0.5) is 23.7 Å². The zero-order valence-electron chi connectivity index (χ0n) is 10.4. The molecule has 0 bridgehead atoms. The molecule has 0 spiro atoms. The predicted molar refractivity (Wildman–Crippen MR) is 66.7 cm³/mol. The van der Waals surface area contributed by atoms with Gasteiger partial charge in [-0.3, -0.25) is 0 Å². The number of alkyl halides is 3. The lowest BCUT2D eigenvalue weighted by atomic mass is 10.1. The summed E-state index contributed by atoms with van der Waals surface area (Å²) in [6.45, 7) is 2.08. The fourth-order valence-corrected chi connectivity index (χ4v) is 1.42. The van der Waals surface area contributed by atoms with Crippen molar-refractivity contribution in [1.82, 2.24) is 5.32 Å². The Bertz CT molecular complexity index is 432. The van der Waals surface area contributed by atoms with Gasteiger partial charge in [-0.2, -0.15) is 13.2 Å². The summed E-state index contributed by atoms with van der Waals surface area (Å²) in [6, 6.07) is 4.04. The van der Waals surface area contributed by atoms with Crippen LogP contribution >= 0.6 is 0 Å². The molecule has 0 aliphatic carbocycles. The third kappa shape index (κ3) is 5.17. The van der Waals surface area contributed by atoms with Crippen molar-refractivity contribution >= 4 is 11.7 Å². The second-order valence-electron chi connectivity index (χ2n) is 4.19. The number of nitrogens with two attached hydrogens (primary N) is 1. The third-order valence-corrected chi connectivity index (χ3v) is 2.37. The number of nitrogens with one attached hydrogen (secondary N) is 2. The quantitative estimate of drug-likeness (QED) is 0.790. The number of halogens is 3. The van der Waals surface area contributed by atoms with Gasteiger partial charge in [0, 0.05) is 12.6 Å². The van der Waals surface area contributed by atoms with E-state index in [0.29, 0.717) is 13.0 Å². The van der Waals surface area contributed by atoms with E-state index in [-0.39, 0.29) is 11.7 Å². The van der Waals surface area contributed by atoms with Crippen molar-refractivity contribution in [2.75, 3.05) is 11.9 Å². The zero-order valence-corrected chi connectivity index (χ0v) is 10.4. The molecule has 1 aromatic carbocycles. The maximum absolute atomic E-state index is 12.7. The molecule has 1 atom stereocenters. The molecule has 0 saturated heterocycles. The van der Waals surface area contributed by atoms with Crippen LogP contribution in [-0.2, 0) is 6.18 Å². The second kappa shape index (κ2) is 6.42. The Kier molecular flexibility index (Phi) is 5.17. The standard InChI is InChI=1S/C12H16F3N3O/c1-8(16)6-7-17-11(19)18-10-5-3-2-4-9(10)12(13,14)15/h2-5,8H,6-7,16H2,1H3,(H2,17,18,19). The lowest BCUT2D eigenvalue weighted by Gasteiger charge is -2.14. The molecule has 7 heteroatoms. The van der Waals surface area contributed by atoms with Crippen LogP contribution in [0.25, 0.3) is 0 Å². The van der Waals surface area contributed by atoms with Crippen LogP contribution < -0.4 is 16.4 Å². The number of benzene rings is 1. The van der Waals surface area contributed by atoms with Gasteiger partial charge in [0.1, 0.15) is 0 Å². The summed E-state index contributed by atoms with van der Waals surface area (Å²) in [5.41, 5.74) is 4.34. The highest BCUT2D eigenvalue weighted by molar-refractivity contribution is 5.90. The molecule has 0 radical (unpaired) electrons. The number of carbonyl (C=O) groups is 1. The van der Waals surface area contributed by atoms with E-state index in [4.69, 9.17) is 5.73 Å². The Morgan fingerprint density at radius 2 is 2.00 bits per heavy atom. The van der Waals surface area contributed by atoms with Crippen LogP contribution in [0.15, 0.2) is 24.3 Å². The van der Waals surface area contributed by atoms with Crippen LogP contribution in [-0.4, -0.2) is 18.6 Å². The molecule has 4 nitrogen and oxygen atoms in total. The average molecular weight is 275 g/mol. The van der Waals surface area contributed by atoms with Gasteiger partial charge in [-0.1, -0.05) is 12.1 Å². The molecule has 0 heterocycles. The van der Waals surface area contributed by atoms with Gasteiger partial charge in [-0.05, 0) is 25.5 Å². The maximum atomic E-state index is 12.7. The van der Waals surface area contributed by atoms with Crippen molar-refractivity contribution in [1.29, 1.82) is 0 Å². The first-order chi connectivity index (χ1) is 8.80. The van der Waals surface area contributed by atoms with E-state index in [1.54, 1.807) is 6.92 Å². The molecular weight excluding hydrogens is 259 g/mol. The first-order valence-electron chi connectivity index (χ1n) is 5.77. The van der Waals surface area contributed by atoms with Gasteiger partial charge in [-0.25, -0.2) is 4.79 Å². The minimum Gasteiger partial charge on any atom is -0.338 e. The van der Waals surface area contributed by atoms with Crippen LogP contribution in [0, 0.1) is 0 Å². The van der Waals surface area contributed by atoms with Gasteiger partial charge in [-0.15, -0.1) is 0 Å². The van der Waals surface area contributed by atoms with Gasteiger partial charge in [0.05, 0.1) is 11.3 Å². The van der Waals surface area contributed by atoms with E-state index in [2.05, 4.69) is 10.6 Å². The number of carbonyl (C=O) groups excluding carboxylic acids is 1. The molecule has 0 aliphatic heterocycles. The van der Waals surface area contributed by atoms with Crippen molar-refractivity contribution in [2.45, 2.75) is 25.6 Å². The molecular formula is C12H16F3N3O. The maximum Gasteiger partial charge on any atom is 0.418 e. The summed E-state index contributed by atoms with van der Waals surface area (Å²) >= 11 is 0. The summed E-state index contributed by atoms with van der Waals surface area (Å²) in [4.78, 5) is 11.4. The summed E-state index contributed by atoms with van der Waals surface area (Å²) in [6.07, 6.45) is -3.95. The van der Waals surface area contributed by atoms with E-state index in [9.17, 15) is 18.0 Å². The number of rotatable bonds is 4. The highest BCUT2D eigenvalue weighted by Crippen LogP contribution is 2.34. The topological polar surface area (TPSA) is 67.1 Å². The Balaban J connectivity index is 2.64. The molecule has 0 fully saturated rings. The third-order valence-electron chi connectivity index (χ3n) is 2.37. The Labute approximate surface area is 109 Å². The number of anilines is 1. The molecule has 0 aliphatic rings. The van der Waals surface area contributed by atoms with E-state index in [1.807, 2.05) is 0 Å². The van der Waals surface area contributed by atoms with Crippen LogP contribution in [0.3, 0.4) is 0 Å². The number of amides is 2. The Hall–Kier alpha value is -1.76. The van der Waals surface area contributed by atoms with E-state index in [1.165, 1.54) is 18.2 Å². The van der Waals surface area contributed by atoms with Crippen molar-refractivity contribution in [3.05, 3.63) is 29.8 Å². The monoisotopic (exact) mass is 275 g/mol. The smallest absolute Gasteiger partial charge is 0.338 e. The highest BCUT2D eigenvalue weighted by Gasteiger charge is 2.33. The molecule has 2 amide bonds. The number of hydrogen-bond donors (Lipinski definition) is 3. The number of para-hydroxylation sites is 1. The lowest BCUT2D eigenvalue weighted by Crippen LogP contribution is -2.33. The normalized spacial score (nSPS) is 12.9. The summed E-state index contributed by atoms with van der Waals surface area (Å²) < 4.78 is 38.0. The minimum absolute atomic E-state index is 0.0808. The SMILES string of the molecule is CC(N)CCNC(=O)Nc1ccccc1C(F)(F)F. The predicted octanol–water partition coefficient (Wildman–Crippen LogP) is 2.56. The summed E-state index contributed by atoms with van der Waals surface area (Å²) in [5, 5.41) is 4.62. The molecule has 19 heavy (non-hydrogen) atoms. The van der Waals surface area contributed by atoms with E-state index in [0.717, 1.165) is 6.07 Å². The van der Waals surface area contributed by atoms with Crippen molar-refractivity contribution < 1.29 is 18.0 Å². The number of urea groups is 1. The molecule has 1 unspecified atom stereocenters. The summed E-state index contributed by atoms with van der Waals surface area (Å²) in [7, 11) is 0. The van der Waals surface area contributed by atoms with Crippen molar-refractivity contribution in [3.63, 3.8) is 0 Å². The molecule has 1 aromatic rings. The molecule has 0 aromatic heterocycles. The van der Waals surface area contributed by atoms with Gasteiger partial charge in [0.15, 0.2) is 0 Å². The highest BCUT2D eigenvalue weighted by atomic mass is 19.4. The van der Waals surface area contributed by atoms with Gasteiger partial charge in [0.25, 0.3) is 0 Å². The van der Waals surface area contributed by atoms with E-state index >= 15 is 0 Å².